The molecule has 0 saturated carbocycles. The van der Waals surface area contributed by atoms with Gasteiger partial charge in [0.1, 0.15) is 11.2 Å². The van der Waals surface area contributed by atoms with Gasteiger partial charge in [-0.25, -0.2) is 9.78 Å². The van der Waals surface area contributed by atoms with Crippen LogP contribution in [0.4, 0.5) is 10.5 Å². The summed E-state index contributed by atoms with van der Waals surface area (Å²) in [5.41, 5.74) is 3.34. The Balaban J connectivity index is 1.48. The summed E-state index contributed by atoms with van der Waals surface area (Å²) in [7, 11) is 0. The van der Waals surface area contributed by atoms with E-state index in [-0.39, 0.29) is 19.0 Å². The number of aromatic nitrogens is 2. The number of para-hydroxylation sites is 1. The molecule has 2 aromatic rings. The second-order valence-corrected chi connectivity index (χ2v) is 8.67. The van der Waals surface area contributed by atoms with Gasteiger partial charge in [0.25, 0.3) is 0 Å². The molecule has 8 nitrogen and oxygen atoms in total. The van der Waals surface area contributed by atoms with Crippen molar-refractivity contribution in [2.24, 2.45) is 0 Å². The van der Waals surface area contributed by atoms with Gasteiger partial charge < -0.3 is 19.5 Å². The van der Waals surface area contributed by atoms with Gasteiger partial charge in [-0.1, -0.05) is 18.2 Å². The number of unbranched alkanes of at least 4 members (excludes halogenated alkanes) is 1. The topological polar surface area (TPSA) is 102 Å². The average Bonchev–Trinajstić information content (AvgIpc) is 3.20. The van der Waals surface area contributed by atoms with Crippen molar-refractivity contribution in [2.75, 3.05) is 18.0 Å². The van der Waals surface area contributed by atoms with E-state index in [0.29, 0.717) is 13.0 Å². The van der Waals surface area contributed by atoms with Gasteiger partial charge in [0.2, 0.25) is 5.91 Å². The van der Waals surface area contributed by atoms with Crippen LogP contribution in [0, 0.1) is 11.3 Å². The number of likely N-dealkylation sites (tertiary alicyclic amines) is 1. The number of nitrogens with zero attached hydrogens (tertiary/aromatic N) is 5. The Kier molecular flexibility index (Phi) is 4.69. The number of benzene rings is 1. The first-order valence-electron chi connectivity index (χ1n) is 10.9. The summed E-state index contributed by atoms with van der Waals surface area (Å²) >= 11 is 0. The monoisotopic (exact) mass is 419 g/mol. The van der Waals surface area contributed by atoms with E-state index in [1.807, 2.05) is 24.3 Å². The van der Waals surface area contributed by atoms with Gasteiger partial charge in [-0.2, -0.15) is 5.26 Å². The molecule has 1 saturated heterocycles. The normalized spacial score (nSPS) is 18.5. The number of imidazole rings is 1. The maximum absolute atomic E-state index is 13.6. The van der Waals surface area contributed by atoms with E-state index in [4.69, 9.17) is 10.2 Å². The van der Waals surface area contributed by atoms with Crippen molar-refractivity contribution in [3.05, 3.63) is 47.0 Å². The molecule has 0 unspecified atom stereocenters. The lowest BCUT2D eigenvalue weighted by atomic mass is 9.75. The number of amides is 2. The Labute approximate surface area is 180 Å². The highest BCUT2D eigenvalue weighted by Crippen LogP contribution is 2.47. The van der Waals surface area contributed by atoms with Crippen molar-refractivity contribution < 1.29 is 14.7 Å². The zero-order valence-electron chi connectivity index (χ0n) is 17.4. The molecular formula is C23H25N5O3. The summed E-state index contributed by atoms with van der Waals surface area (Å²) in [6.45, 7) is 1.49. The van der Waals surface area contributed by atoms with Crippen LogP contribution < -0.4 is 4.90 Å². The third-order valence-electron chi connectivity index (χ3n) is 6.84. The number of rotatable bonds is 5. The zero-order valence-corrected chi connectivity index (χ0v) is 17.4. The third-order valence-corrected chi connectivity index (χ3v) is 6.84. The summed E-state index contributed by atoms with van der Waals surface area (Å²) < 4.78 is 2.22. The highest BCUT2D eigenvalue weighted by molar-refractivity contribution is 6.09. The molecule has 0 bridgehead atoms. The summed E-state index contributed by atoms with van der Waals surface area (Å²) in [4.78, 5) is 32.9. The molecule has 31 heavy (non-hydrogen) atoms. The number of carboxylic acid groups (broad SMARTS) is 1. The van der Waals surface area contributed by atoms with Gasteiger partial charge in [0, 0.05) is 37.4 Å². The van der Waals surface area contributed by atoms with Gasteiger partial charge in [-0.05, 0) is 43.7 Å². The second-order valence-electron chi connectivity index (χ2n) is 8.67. The fourth-order valence-corrected chi connectivity index (χ4v) is 5.30. The number of carbonyl (C=O) groups excluding carboxylic acids is 1. The molecule has 2 amide bonds. The van der Waals surface area contributed by atoms with Crippen LogP contribution in [0.5, 0.6) is 0 Å². The SMILES string of the molecule is N#CCCCn1c(CN2C(=O)C3(CN(C(=O)O)C3)c3ccccc32)nc2c1CCCC2. The molecule has 1 aromatic heterocycles. The predicted octanol–water partition coefficient (Wildman–Crippen LogP) is 2.84. The molecule has 3 heterocycles. The van der Waals surface area contributed by atoms with Crippen molar-refractivity contribution >= 4 is 17.7 Å². The van der Waals surface area contributed by atoms with Gasteiger partial charge in [0.15, 0.2) is 0 Å². The number of fused-ring (bicyclic) bond motifs is 3. The molecule has 160 valence electrons. The number of hydrogen-bond acceptors (Lipinski definition) is 4. The first-order valence-corrected chi connectivity index (χ1v) is 10.9. The minimum atomic E-state index is -0.991. The lowest BCUT2D eigenvalue weighted by molar-refractivity contribution is -0.128. The van der Waals surface area contributed by atoms with E-state index >= 15 is 0 Å². The number of nitriles is 1. The number of aryl methyl sites for hydroxylation is 1. The van der Waals surface area contributed by atoms with Crippen LogP contribution in [-0.4, -0.2) is 44.6 Å². The van der Waals surface area contributed by atoms with Gasteiger partial charge in [0.05, 0.1) is 18.3 Å². The van der Waals surface area contributed by atoms with Crippen molar-refractivity contribution in [1.82, 2.24) is 14.5 Å². The lowest BCUT2D eigenvalue weighted by Gasteiger charge is -2.45. The highest BCUT2D eigenvalue weighted by Gasteiger charge is 2.59. The quantitative estimate of drug-likeness (QED) is 0.751. The summed E-state index contributed by atoms with van der Waals surface area (Å²) in [5, 5.41) is 18.3. The molecule has 5 rings (SSSR count). The lowest BCUT2D eigenvalue weighted by Crippen LogP contribution is -2.65. The van der Waals surface area contributed by atoms with E-state index in [9.17, 15) is 14.7 Å². The first kappa shape index (κ1) is 19.6. The summed E-state index contributed by atoms with van der Waals surface area (Å²) in [5.74, 6) is 0.815. The minimum absolute atomic E-state index is 0.0456. The van der Waals surface area contributed by atoms with Crippen molar-refractivity contribution in [1.29, 1.82) is 5.26 Å². The summed E-state index contributed by atoms with van der Waals surface area (Å²) in [6, 6.07) is 9.91. The first-order chi connectivity index (χ1) is 15.0. The molecule has 2 aliphatic heterocycles. The van der Waals surface area contributed by atoms with E-state index in [2.05, 4.69) is 10.6 Å². The Bertz CT molecular complexity index is 1090. The molecule has 0 radical (unpaired) electrons. The van der Waals surface area contributed by atoms with Crippen LogP contribution >= 0.6 is 0 Å². The van der Waals surface area contributed by atoms with Crippen LogP contribution in [0.15, 0.2) is 24.3 Å². The minimum Gasteiger partial charge on any atom is -0.465 e. The zero-order chi connectivity index (χ0) is 21.6. The van der Waals surface area contributed by atoms with Gasteiger partial charge in [-0.3, -0.25) is 4.79 Å². The van der Waals surface area contributed by atoms with Crippen molar-refractivity contribution in [3.63, 3.8) is 0 Å². The van der Waals surface area contributed by atoms with E-state index in [1.54, 1.807) is 4.90 Å². The van der Waals surface area contributed by atoms with Crippen LogP contribution in [0.25, 0.3) is 0 Å². The molecule has 1 aliphatic carbocycles. The third kappa shape index (κ3) is 2.99. The Morgan fingerprint density at radius 2 is 2.00 bits per heavy atom. The van der Waals surface area contributed by atoms with Crippen LogP contribution in [0.3, 0.4) is 0 Å². The number of anilines is 1. The van der Waals surface area contributed by atoms with Crippen molar-refractivity contribution in [3.8, 4) is 6.07 Å². The molecule has 1 fully saturated rings. The van der Waals surface area contributed by atoms with Gasteiger partial charge in [-0.15, -0.1) is 0 Å². The van der Waals surface area contributed by atoms with E-state index < -0.39 is 11.5 Å². The fraction of sp³-hybridized carbons (Fsp3) is 0.478. The molecule has 1 spiro atoms. The Morgan fingerprint density at radius 1 is 1.23 bits per heavy atom. The molecule has 0 atom stereocenters. The summed E-state index contributed by atoms with van der Waals surface area (Å²) in [6.07, 6.45) is 4.46. The van der Waals surface area contributed by atoms with Gasteiger partial charge >= 0.3 is 6.09 Å². The number of hydrogen-bond donors (Lipinski definition) is 1. The molecule has 8 heteroatoms. The van der Waals surface area contributed by atoms with Crippen LogP contribution in [0.2, 0.25) is 0 Å². The molecule has 1 aromatic carbocycles. The Morgan fingerprint density at radius 3 is 2.77 bits per heavy atom. The van der Waals surface area contributed by atoms with Crippen LogP contribution in [-0.2, 0) is 36.1 Å². The molecule has 3 aliphatic rings. The predicted molar refractivity (Wildman–Crippen MR) is 113 cm³/mol. The molecular weight excluding hydrogens is 394 g/mol. The van der Waals surface area contributed by atoms with E-state index in [0.717, 1.165) is 61.4 Å². The van der Waals surface area contributed by atoms with Crippen molar-refractivity contribution in [2.45, 2.75) is 57.0 Å². The highest BCUT2D eigenvalue weighted by atomic mass is 16.4. The smallest absolute Gasteiger partial charge is 0.407 e. The number of carbonyl (C=O) groups is 2. The fourth-order valence-electron chi connectivity index (χ4n) is 5.30. The second kappa shape index (κ2) is 7.41. The standard InChI is InChI=1S/C23H25N5O3/c24-11-5-6-12-27-19-10-4-2-8-17(19)25-20(27)13-28-18-9-3-1-7-16(18)23(21(28)29)14-26(15-23)22(30)31/h1,3,7,9H,2,4-6,8,10,12-15H2,(H,30,31). The van der Waals surface area contributed by atoms with E-state index in [1.165, 1.54) is 10.6 Å². The maximum Gasteiger partial charge on any atom is 0.407 e. The molecule has 1 N–H and O–H groups in total. The average molecular weight is 419 g/mol. The Hall–Kier alpha value is -3.34. The van der Waals surface area contributed by atoms with Crippen LogP contribution in [0.1, 0.15) is 48.5 Å². The largest absolute Gasteiger partial charge is 0.465 e. The maximum atomic E-state index is 13.6.